The maximum absolute atomic E-state index is 13.1. The number of carbonyl (C=O) groups excluding carboxylic acids is 2. The number of nitrogens with one attached hydrogen (secondary N) is 1. The molecule has 2 rings (SSSR count). The number of hydrogen-bond donors (Lipinski definition) is 1. The zero-order valence-corrected chi connectivity index (χ0v) is 14.5. The highest BCUT2D eigenvalue weighted by Crippen LogP contribution is 2.36. The molecule has 0 spiro atoms. The van der Waals surface area contributed by atoms with Crippen molar-refractivity contribution in [3.8, 4) is 11.3 Å². The number of ether oxygens (including phenoxy) is 1. The molecular weight excluding hydrogens is 357 g/mol. The third-order valence-electron chi connectivity index (χ3n) is 3.06. The minimum Gasteiger partial charge on any atom is -0.460 e. The number of alkyl halides is 3. The Labute approximate surface area is 145 Å². The zero-order chi connectivity index (χ0) is 18.8. The Morgan fingerprint density at radius 1 is 1.24 bits per heavy atom. The van der Waals surface area contributed by atoms with E-state index in [2.05, 4.69) is 10.3 Å². The van der Waals surface area contributed by atoms with E-state index < -0.39 is 17.7 Å². The van der Waals surface area contributed by atoms with Crippen molar-refractivity contribution in [2.75, 3.05) is 5.32 Å². The number of benzene rings is 1. The Morgan fingerprint density at radius 3 is 2.48 bits per heavy atom. The van der Waals surface area contributed by atoms with Crippen molar-refractivity contribution in [3.63, 3.8) is 0 Å². The third kappa shape index (κ3) is 5.02. The van der Waals surface area contributed by atoms with Crippen molar-refractivity contribution in [3.05, 3.63) is 34.2 Å². The van der Waals surface area contributed by atoms with Gasteiger partial charge in [-0.15, -0.1) is 0 Å². The number of aryl methyl sites for hydroxylation is 1. The fourth-order valence-electron chi connectivity index (χ4n) is 2.13. The quantitative estimate of drug-likeness (QED) is 0.819. The van der Waals surface area contributed by atoms with Crippen LogP contribution in [0.3, 0.4) is 0 Å². The van der Waals surface area contributed by atoms with Crippen molar-refractivity contribution in [2.45, 2.75) is 33.6 Å². The van der Waals surface area contributed by atoms with Crippen molar-refractivity contribution >= 4 is 28.3 Å². The van der Waals surface area contributed by atoms with Gasteiger partial charge in [-0.2, -0.15) is 13.2 Å². The summed E-state index contributed by atoms with van der Waals surface area (Å²) < 4.78 is 44.1. The van der Waals surface area contributed by atoms with E-state index in [9.17, 15) is 22.8 Å². The molecule has 0 unspecified atom stereocenters. The number of hydrogen-bond acceptors (Lipinski definition) is 5. The van der Waals surface area contributed by atoms with Crippen LogP contribution in [0.1, 0.15) is 29.9 Å². The Morgan fingerprint density at radius 2 is 1.92 bits per heavy atom. The van der Waals surface area contributed by atoms with E-state index >= 15 is 0 Å². The molecule has 1 aromatic carbocycles. The molecule has 134 valence electrons. The molecule has 0 saturated heterocycles. The first-order valence-corrected chi connectivity index (χ1v) is 7.98. The molecule has 1 N–H and O–H groups in total. The first kappa shape index (κ1) is 18.9. The largest absolute Gasteiger partial charge is 0.460 e. The predicted octanol–water partition coefficient (Wildman–Crippen LogP) is 4.16. The molecule has 0 bridgehead atoms. The topological polar surface area (TPSA) is 68.3 Å². The fourth-order valence-corrected chi connectivity index (χ4v) is 3.07. The molecule has 0 atom stereocenters. The molecule has 0 aliphatic rings. The summed E-state index contributed by atoms with van der Waals surface area (Å²) in [5, 5.41) is 2.71. The Bertz CT molecular complexity index is 815. The van der Waals surface area contributed by atoms with Gasteiger partial charge in [-0.3, -0.25) is 9.59 Å². The summed E-state index contributed by atoms with van der Waals surface area (Å²) in [7, 11) is 0. The lowest BCUT2D eigenvalue weighted by atomic mass is 10.0. The lowest BCUT2D eigenvalue weighted by molar-refractivity contribution is -0.142. The Kier molecular flexibility index (Phi) is 5.46. The molecular formula is C16H15F3N2O3S. The van der Waals surface area contributed by atoms with Crippen LogP contribution in [0, 0.1) is 6.92 Å². The third-order valence-corrected chi connectivity index (χ3v) is 4.01. The van der Waals surface area contributed by atoms with E-state index in [1.54, 1.807) is 13.0 Å². The molecule has 0 fully saturated rings. The van der Waals surface area contributed by atoms with E-state index in [1.807, 2.05) is 0 Å². The fraction of sp³-hybridized carbons (Fsp3) is 0.312. The summed E-state index contributed by atoms with van der Waals surface area (Å²) in [5.41, 5.74) is 0.0962. The Hall–Kier alpha value is -2.42. The molecule has 5 nitrogen and oxygen atoms in total. The van der Waals surface area contributed by atoms with Crippen LogP contribution in [-0.4, -0.2) is 16.9 Å². The summed E-state index contributed by atoms with van der Waals surface area (Å²) >= 11 is 1.04. The number of esters is 1. The normalized spacial score (nSPS) is 11.3. The maximum Gasteiger partial charge on any atom is 0.416 e. The molecule has 1 heterocycles. The highest BCUT2D eigenvalue weighted by molar-refractivity contribution is 7.16. The Balaban J connectivity index is 2.52. The van der Waals surface area contributed by atoms with Gasteiger partial charge in [-0.1, -0.05) is 11.3 Å². The average molecular weight is 372 g/mol. The van der Waals surface area contributed by atoms with Gasteiger partial charge in [0.1, 0.15) is 6.61 Å². The van der Waals surface area contributed by atoms with Crippen LogP contribution in [-0.2, 0) is 27.1 Å². The van der Waals surface area contributed by atoms with Gasteiger partial charge in [0.2, 0.25) is 5.91 Å². The SMILES string of the molecule is CC(=O)Nc1nc(-c2cc(C)cc(C(F)(F)F)c2)c(COC(C)=O)s1. The van der Waals surface area contributed by atoms with Gasteiger partial charge in [0.25, 0.3) is 0 Å². The number of anilines is 1. The molecule has 9 heteroatoms. The van der Waals surface area contributed by atoms with Crippen LogP contribution < -0.4 is 5.32 Å². The monoisotopic (exact) mass is 372 g/mol. The lowest BCUT2D eigenvalue weighted by Crippen LogP contribution is -2.06. The van der Waals surface area contributed by atoms with Gasteiger partial charge in [0.15, 0.2) is 5.13 Å². The van der Waals surface area contributed by atoms with Crippen LogP contribution in [0.15, 0.2) is 18.2 Å². The number of halogens is 3. The molecule has 0 aliphatic heterocycles. The second-order valence-electron chi connectivity index (χ2n) is 5.34. The summed E-state index contributed by atoms with van der Waals surface area (Å²) in [6.45, 7) is 3.92. The first-order chi connectivity index (χ1) is 11.6. The van der Waals surface area contributed by atoms with E-state index in [-0.39, 0.29) is 28.9 Å². The van der Waals surface area contributed by atoms with Crippen LogP contribution in [0.5, 0.6) is 0 Å². The van der Waals surface area contributed by atoms with Crippen LogP contribution in [0.25, 0.3) is 11.3 Å². The van der Waals surface area contributed by atoms with Crippen LogP contribution >= 0.6 is 11.3 Å². The second kappa shape index (κ2) is 7.22. The van der Waals surface area contributed by atoms with E-state index in [1.165, 1.54) is 13.8 Å². The van der Waals surface area contributed by atoms with Crippen molar-refractivity contribution < 1.29 is 27.5 Å². The number of aromatic nitrogens is 1. The summed E-state index contributed by atoms with van der Waals surface area (Å²) in [6.07, 6.45) is -4.49. The zero-order valence-electron chi connectivity index (χ0n) is 13.7. The molecule has 1 amide bonds. The molecule has 1 aromatic heterocycles. The van der Waals surface area contributed by atoms with Crippen molar-refractivity contribution in [1.82, 2.24) is 4.98 Å². The van der Waals surface area contributed by atoms with Crippen molar-refractivity contribution in [1.29, 1.82) is 0 Å². The number of thiazole rings is 1. The number of nitrogens with zero attached hydrogens (tertiary/aromatic N) is 1. The highest BCUT2D eigenvalue weighted by Gasteiger charge is 2.31. The van der Waals surface area contributed by atoms with E-state index in [0.29, 0.717) is 10.4 Å². The first-order valence-electron chi connectivity index (χ1n) is 7.16. The second-order valence-corrected chi connectivity index (χ2v) is 6.42. The molecule has 0 aliphatic carbocycles. The maximum atomic E-state index is 13.1. The van der Waals surface area contributed by atoms with E-state index in [0.717, 1.165) is 23.5 Å². The smallest absolute Gasteiger partial charge is 0.416 e. The summed E-state index contributed by atoms with van der Waals surface area (Å²) in [5.74, 6) is -0.889. The van der Waals surface area contributed by atoms with Gasteiger partial charge in [-0.05, 0) is 30.7 Å². The minimum atomic E-state index is -4.49. The predicted molar refractivity (Wildman–Crippen MR) is 87.1 cm³/mol. The summed E-state index contributed by atoms with van der Waals surface area (Å²) in [6, 6.07) is 3.58. The van der Waals surface area contributed by atoms with Crippen molar-refractivity contribution in [2.24, 2.45) is 0 Å². The van der Waals surface area contributed by atoms with Gasteiger partial charge in [0, 0.05) is 19.4 Å². The molecule has 0 saturated carbocycles. The molecule has 2 aromatic rings. The number of amides is 1. The van der Waals surface area contributed by atoms with Gasteiger partial charge in [0.05, 0.1) is 16.1 Å². The lowest BCUT2D eigenvalue weighted by Gasteiger charge is -2.10. The van der Waals surface area contributed by atoms with Gasteiger partial charge >= 0.3 is 12.1 Å². The minimum absolute atomic E-state index is 0.142. The van der Waals surface area contributed by atoms with Crippen LogP contribution in [0.4, 0.5) is 18.3 Å². The highest BCUT2D eigenvalue weighted by atomic mass is 32.1. The molecule has 0 radical (unpaired) electrons. The van der Waals surface area contributed by atoms with Gasteiger partial charge < -0.3 is 10.1 Å². The standard InChI is InChI=1S/C16H15F3N2O3S/c1-8-4-11(6-12(5-8)16(17,18)19)14-13(7-24-10(3)23)25-15(21-14)20-9(2)22/h4-6H,7H2,1-3H3,(H,20,21,22). The van der Waals surface area contributed by atoms with Gasteiger partial charge in [-0.25, -0.2) is 4.98 Å². The summed E-state index contributed by atoms with van der Waals surface area (Å²) in [4.78, 5) is 26.9. The number of rotatable bonds is 4. The van der Waals surface area contributed by atoms with E-state index in [4.69, 9.17) is 4.74 Å². The molecule has 25 heavy (non-hydrogen) atoms. The average Bonchev–Trinajstić information content (AvgIpc) is 2.85. The van der Waals surface area contributed by atoms with Crippen LogP contribution in [0.2, 0.25) is 0 Å². The number of carbonyl (C=O) groups is 2.